The fourth-order valence-electron chi connectivity index (χ4n) is 2.71. The molecule has 0 heterocycles. The van der Waals surface area contributed by atoms with E-state index in [-0.39, 0.29) is 32.5 Å². The minimum absolute atomic E-state index is 0.00416. The van der Waals surface area contributed by atoms with Gasteiger partial charge in [0.25, 0.3) is 10.1 Å². The number of hydrogen-bond acceptors (Lipinski definition) is 7. The van der Waals surface area contributed by atoms with Crippen LogP contribution in [-0.2, 0) is 47.2 Å². The molecule has 0 spiro atoms. The molecule has 1 amide bonds. The maximum atomic E-state index is 12.6. The van der Waals surface area contributed by atoms with Gasteiger partial charge >= 0.3 is 11.9 Å². The molecular formula is C22H25NO8S. The molecule has 2 aromatic rings. The highest BCUT2D eigenvalue weighted by Crippen LogP contribution is 2.17. The smallest absolute Gasteiger partial charge is 0.309 e. The van der Waals surface area contributed by atoms with Crippen molar-refractivity contribution in [2.24, 2.45) is 5.92 Å². The standard InChI is InChI=1S/C22H25NO8S/c24-20(23-16-32(27,28)29)12-11-19(22(26)31-15-18-9-5-2-6-10-18)13-21(25)30-14-17-7-3-1-4-8-17/h1-10,19H,11-16H2,(H,23,24)(H,27,28,29)/t19-/m0/s1. The summed E-state index contributed by atoms with van der Waals surface area (Å²) in [7, 11) is -4.36. The summed E-state index contributed by atoms with van der Waals surface area (Å²) in [6, 6.07) is 18.0. The molecule has 0 unspecified atom stereocenters. The number of carbonyl (C=O) groups excluding carboxylic acids is 3. The van der Waals surface area contributed by atoms with Crippen LogP contribution in [0.25, 0.3) is 0 Å². The molecule has 2 rings (SSSR count). The Bertz CT molecular complexity index is 993. The number of ether oxygens (including phenoxy) is 2. The lowest BCUT2D eigenvalue weighted by atomic mass is 9.99. The van der Waals surface area contributed by atoms with E-state index in [0.717, 1.165) is 11.1 Å². The fraction of sp³-hybridized carbons (Fsp3) is 0.318. The van der Waals surface area contributed by atoms with Crippen LogP contribution in [0, 0.1) is 5.92 Å². The molecule has 9 nitrogen and oxygen atoms in total. The van der Waals surface area contributed by atoms with Gasteiger partial charge in [0.2, 0.25) is 5.91 Å². The SMILES string of the molecule is O=C(CC[C@@H](CC(=O)OCc1ccccc1)C(=O)OCc1ccccc1)NCS(=O)(=O)O. The number of rotatable bonds is 12. The third-order valence-corrected chi connectivity index (χ3v) is 4.89. The van der Waals surface area contributed by atoms with Crippen LogP contribution >= 0.6 is 0 Å². The second-order valence-corrected chi connectivity index (χ2v) is 8.46. The Hall–Kier alpha value is -3.24. The quantitative estimate of drug-likeness (QED) is 0.361. The number of carbonyl (C=O) groups is 3. The van der Waals surface area contributed by atoms with Gasteiger partial charge in [-0.25, -0.2) is 0 Å². The van der Waals surface area contributed by atoms with Gasteiger partial charge in [-0.3, -0.25) is 18.9 Å². The van der Waals surface area contributed by atoms with Crippen molar-refractivity contribution in [2.75, 3.05) is 5.88 Å². The first-order chi connectivity index (χ1) is 15.2. The third kappa shape index (κ3) is 10.2. The minimum atomic E-state index is -4.36. The molecule has 32 heavy (non-hydrogen) atoms. The van der Waals surface area contributed by atoms with Gasteiger partial charge in [0, 0.05) is 6.42 Å². The van der Waals surface area contributed by atoms with E-state index in [1.54, 1.807) is 48.5 Å². The molecule has 0 bridgehead atoms. The molecule has 2 aromatic carbocycles. The van der Waals surface area contributed by atoms with E-state index < -0.39 is 39.8 Å². The van der Waals surface area contributed by atoms with E-state index in [0.29, 0.717) is 0 Å². The molecule has 0 radical (unpaired) electrons. The number of benzene rings is 2. The summed E-state index contributed by atoms with van der Waals surface area (Å²) in [5.74, 6) is -3.89. The van der Waals surface area contributed by atoms with Crippen LogP contribution in [0.1, 0.15) is 30.4 Å². The van der Waals surface area contributed by atoms with E-state index in [2.05, 4.69) is 0 Å². The number of nitrogens with one attached hydrogen (secondary N) is 1. The van der Waals surface area contributed by atoms with E-state index in [4.69, 9.17) is 14.0 Å². The average Bonchev–Trinajstić information content (AvgIpc) is 2.78. The summed E-state index contributed by atoms with van der Waals surface area (Å²) in [6.07, 6.45) is -0.607. The molecule has 1 atom stereocenters. The Kier molecular flexibility index (Phi) is 9.83. The Morgan fingerprint density at radius 3 is 1.94 bits per heavy atom. The Labute approximate surface area is 186 Å². The van der Waals surface area contributed by atoms with Crippen LogP contribution in [-0.4, -0.2) is 36.7 Å². The molecule has 172 valence electrons. The zero-order valence-electron chi connectivity index (χ0n) is 17.3. The van der Waals surface area contributed by atoms with Crippen LogP contribution < -0.4 is 5.32 Å². The van der Waals surface area contributed by atoms with Crippen molar-refractivity contribution < 1.29 is 36.8 Å². The summed E-state index contributed by atoms with van der Waals surface area (Å²) in [5.41, 5.74) is 1.55. The predicted octanol–water partition coefficient (Wildman–Crippen LogP) is 2.22. The highest BCUT2D eigenvalue weighted by atomic mass is 32.2. The van der Waals surface area contributed by atoms with Crippen LogP contribution in [0.2, 0.25) is 0 Å². The lowest BCUT2D eigenvalue weighted by Gasteiger charge is -2.16. The maximum Gasteiger partial charge on any atom is 0.309 e. The first-order valence-corrected chi connectivity index (χ1v) is 11.5. The molecule has 0 saturated heterocycles. The first-order valence-electron chi connectivity index (χ1n) is 9.85. The lowest BCUT2D eigenvalue weighted by Crippen LogP contribution is -2.30. The fourth-order valence-corrected chi connectivity index (χ4v) is 3.06. The topological polar surface area (TPSA) is 136 Å². The average molecular weight is 464 g/mol. The van der Waals surface area contributed by atoms with Gasteiger partial charge in [0.15, 0.2) is 0 Å². The molecule has 0 fully saturated rings. The largest absolute Gasteiger partial charge is 0.461 e. The molecule has 0 saturated carbocycles. The summed E-state index contributed by atoms with van der Waals surface area (Å²) >= 11 is 0. The monoisotopic (exact) mass is 463 g/mol. The van der Waals surface area contributed by atoms with Crippen molar-refractivity contribution in [3.05, 3.63) is 71.8 Å². The van der Waals surface area contributed by atoms with E-state index in [1.807, 2.05) is 17.4 Å². The van der Waals surface area contributed by atoms with Gasteiger partial charge in [-0.15, -0.1) is 0 Å². The van der Waals surface area contributed by atoms with Gasteiger partial charge in [0.1, 0.15) is 19.1 Å². The van der Waals surface area contributed by atoms with Gasteiger partial charge in [-0.2, -0.15) is 8.42 Å². The minimum Gasteiger partial charge on any atom is -0.461 e. The number of esters is 2. The molecule has 0 aromatic heterocycles. The number of hydrogen-bond donors (Lipinski definition) is 2. The Balaban J connectivity index is 1.93. The van der Waals surface area contributed by atoms with Crippen molar-refractivity contribution in [1.82, 2.24) is 5.32 Å². The normalized spacial score (nSPS) is 11.9. The van der Waals surface area contributed by atoms with Gasteiger partial charge in [-0.05, 0) is 17.5 Å². The van der Waals surface area contributed by atoms with Crippen LogP contribution in [0.4, 0.5) is 0 Å². The van der Waals surface area contributed by atoms with Crippen molar-refractivity contribution in [2.45, 2.75) is 32.5 Å². The van der Waals surface area contributed by atoms with Gasteiger partial charge in [-0.1, -0.05) is 60.7 Å². The van der Waals surface area contributed by atoms with E-state index >= 15 is 0 Å². The van der Waals surface area contributed by atoms with Crippen molar-refractivity contribution in [3.63, 3.8) is 0 Å². The third-order valence-electron chi connectivity index (χ3n) is 4.38. The van der Waals surface area contributed by atoms with Crippen molar-refractivity contribution in [1.29, 1.82) is 0 Å². The lowest BCUT2D eigenvalue weighted by molar-refractivity contribution is -0.157. The predicted molar refractivity (Wildman–Crippen MR) is 114 cm³/mol. The van der Waals surface area contributed by atoms with Crippen LogP contribution in [0.5, 0.6) is 0 Å². The van der Waals surface area contributed by atoms with Gasteiger partial charge in [0.05, 0.1) is 12.3 Å². The van der Waals surface area contributed by atoms with Crippen LogP contribution in [0.15, 0.2) is 60.7 Å². The molecule has 10 heteroatoms. The van der Waals surface area contributed by atoms with Crippen molar-refractivity contribution >= 4 is 28.0 Å². The Morgan fingerprint density at radius 1 is 0.875 bits per heavy atom. The zero-order chi connectivity index (χ0) is 23.4. The highest BCUT2D eigenvalue weighted by molar-refractivity contribution is 7.85. The molecular weight excluding hydrogens is 438 g/mol. The zero-order valence-corrected chi connectivity index (χ0v) is 18.1. The summed E-state index contributed by atoms with van der Waals surface area (Å²) < 4.78 is 40.7. The second-order valence-electron chi connectivity index (χ2n) is 7.01. The molecule has 2 N–H and O–H groups in total. The second kappa shape index (κ2) is 12.6. The summed E-state index contributed by atoms with van der Waals surface area (Å²) in [5, 5.41) is 2.03. The number of amides is 1. The summed E-state index contributed by atoms with van der Waals surface area (Å²) in [4.78, 5) is 36.7. The highest BCUT2D eigenvalue weighted by Gasteiger charge is 2.25. The maximum absolute atomic E-state index is 12.6. The molecule has 0 aliphatic heterocycles. The van der Waals surface area contributed by atoms with Crippen molar-refractivity contribution in [3.8, 4) is 0 Å². The van der Waals surface area contributed by atoms with E-state index in [1.165, 1.54) is 0 Å². The van der Waals surface area contributed by atoms with Crippen LogP contribution in [0.3, 0.4) is 0 Å². The van der Waals surface area contributed by atoms with E-state index in [9.17, 15) is 22.8 Å². The Morgan fingerprint density at radius 2 is 1.41 bits per heavy atom. The van der Waals surface area contributed by atoms with Gasteiger partial charge < -0.3 is 14.8 Å². The molecule has 0 aliphatic carbocycles. The molecule has 0 aliphatic rings. The first kappa shape index (κ1) is 25.0. The summed E-state index contributed by atoms with van der Waals surface area (Å²) in [6.45, 7) is 0.0461.